The Labute approximate surface area is 81.1 Å². The van der Waals surface area contributed by atoms with Crippen LogP contribution in [0.3, 0.4) is 0 Å². The standard InChI is InChI=1S/C10H21NO2/c1-5-8-13-9(4)10(12)11(6-2)7-3/h9H,5-8H2,1-4H3. The smallest absolute Gasteiger partial charge is 0.251 e. The number of hydrogen-bond acceptors (Lipinski definition) is 2. The zero-order valence-electron chi connectivity index (χ0n) is 9.17. The lowest BCUT2D eigenvalue weighted by Crippen LogP contribution is -2.38. The quantitative estimate of drug-likeness (QED) is 0.633. The third kappa shape index (κ3) is 4.27. The minimum absolute atomic E-state index is 0.0958. The van der Waals surface area contributed by atoms with E-state index >= 15 is 0 Å². The number of likely N-dealkylation sites (N-methyl/N-ethyl adjacent to an activating group) is 1. The van der Waals surface area contributed by atoms with E-state index in [1.54, 1.807) is 4.90 Å². The van der Waals surface area contributed by atoms with Gasteiger partial charge in [0.05, 0.1) is 0 Å². The highest BCUT2D eigenvalue weighted by atomic mass is 16.5. The third-order valence-corrected chi connectivity index (χ3v) is 1.99. The molecule has 0 aliphatic heterocycles. The van der Waals surface area contributed by atoms with Crippen molar-refractivity contribution in [2.45, 2.75) is 40.2 Å². The number of hydrogen-bond donors (Lipinski definition) is 0. The molecule has 0 rings (SSSR count). The molecular formula is C10H21NO2. The van der Waals surface area contributed by atoms with E-state index in [-0.39, 0.29) is 12.0 Å². The Balaban J connectivity index is 3.92. The molecule has 1 atom stereocenters. The van der Waals surface area contributed by atoms with E-state index in [4.69, 9.17) is 4.74 Å². The number of amides is 1. The molecule has 0 bridgehead atoms. The minimum Gasteiger partial charge on any atom is -0.369 e. The highest BCUT2D eigenvalue weighted by Crippen LogP contribution is 1.99. The molecule has 0 aliphatic carbocycles. The molecule has 0 fully saturated rings. The van der Waals surface area contributed by atoms with Crippen molar-refractivity contribution in [1.29, 1.82) is 0 Å². The summed E-state index contributed by atoms with van der Waals surface area (Å²) < 4.78 is 5.35. The highest BCUT2D eigenvalue weighted by Gasteiger charge is 2.17. The highest BCUT2D eigenvalue weighted by molar-refractivity contribution is 5.80. The Morgan fingerprint density at radius 2 is 1.85 bits per heavy atom. The van der Waals surface area contributed by atoms with Crippen LogP contribution in [0.25, 0.3) is 0 Å². The van der Waals surface area contributed by atoms with Crippen molar-refractivity contribution < 1.29 is 9.53 Å². The molecule has 0 spiro atoms. The molecule has 0 aromatic carbocycles. The van der Waals surface area contributed by atoms with Crippen LogP contribution in [0.1, 0.15) is 34.1 Å². The van der Waals surface area contributed by atoms with Crippen molar-refractivity contribution in [1.82, 2.24) is 4.90 Å². The number of nitrogens with zero attached hydrogens (tertiary/aromatic N) is 1. The van der Waals surface area contributed by atoms with Crippen molar-refractivity contribution in [2.75, 3.05) is 19.7 Å². The second kappa shape index (κ2) is 6.89. The molecule has 0 heterocycles. The molecule has 3 heteroatoms. The van der Waals surface area contributed by atoms with Crippen LogP contribution >= 0.6 is 0 Å². The Morgan fingerprint density at radius 3 is 2.23 bits per heavy atom. The van der Waals surface area contributed by atoms with Crippen LogP contribution in [0.5, 0.6) is 0 Å². The maximum Gasteiger partial charge on any atom is 0.251 e. The Kier molecular flexibility index (Phi) is 6.59. The van der Waals surface area contributed by atoms with Gasteiger partial charge in [-0.3, -0.25) is 4.79 Å². The Morgan fingerprint density at radius 1 is 1.31 bits per heavy atom. The molecule has 1 amide bonds. The van der Waals surface area contributed by atoms with Gasteiger partial charge in [-0.1, -0.05) is 6.92 Å². The van der Waals surface area contributed by atoms with Crippen molar-refractivity contribution in [3.8, 4) is 0 Å². The summed E-state index contributed by atoms with van der Waals surface area (Å²) in [6, 6.07) is 0. The first-order valence-corrected chi connectivity index (χ1v) is 5.07. The van der Waals surface area contributed by atoms with Gasteiger partial charge in [0.2, 0.25) is 0 Å². The predicted octanol–water partition coefficient (Wildman–Crippen LogP) is 1.67. The second-order valence-corrected chi connectivity index (χ2v) is 3.02. The van der Waals surface area contributed by atoms with E-state index in [1.807, 2.05) is 27.7 Å². The molecule has 13 heavy (non-hydrogen) atoms. The largest absolute Gasteiger partial charge is 0.369 e. The van der Waals surface area contributed by atoms with Gasteiger partial charge in [0.1, 0.15) is 6.10 Å². The normalized spacial score (nSPS) is 12.6. The zero-order valence-corrected chi connectivity index (χ0v) is 9.17. The third-order valence-electron chi connectivity index (χ3n) is 1.99. The molecule has 3 nitrogen and oxygen atoms in total. The summed E-state index contributed by atoms with van der Waals surface area (Å²) in [5.74, 6) is 0.0958. The van der Waals surface area contributed by atoms with Crippen LogP contribution in [-0.2, 0) is 9.53 Å². The van der Waals surface area contributed by atoms with E-state index in [1.165, 1.54) is 0 Å². The molecule has 0 N–H and O–H groups in total. The molecule has 0 radical (unpaired) electrons. The van der Waals surface area contributed by atoms with Gasteiger partial charge in [-0.15, -0.1) is 0 Å². The van der Waals surface area contributed by atoms with Crippen LogP contribution in [0, 0.1) is 0 Å². The molecule has 78 valence electrons. The zero-order chi connectivity index (χ0) is 10.3. The van der Waals surface area contributed by atoms with Gasteiger partial charge in [0.15, 0.2) is 0 Å². The fourth-order valence-electron chi connectivity index (χ4n) is 1.16. The summed E-state index contributed by atoms with van der Waals surface area (Å²) >= 11 is 0. The topological polar surface area (TPSA) is 29.5 Å². The van der Waals surface area contributed by atoms with Gasteiger partial charge in [0, 0.05) is 19.7 Å². The number of ether oxygens (including phenoxy) is 1. The first kappa shape index (κ1) is 12.4. The van der Waals surface area contributed by atoms with E-state index < -0.39 is 0 Å². The van der Waals surface area contributed by atoms with E-state index in [0.29, 0.717) is 6.61 Å². The molecule has 0 saturated carbocycles. The summed E-state index contributed by atoms with van der Waals surface area (Å²) in [6.45, 7) is 9.99. The van der Waals surface area contributed by atoms with Gasteiger partial charge in [-0.05, 0) is 27.2 Å². The van der Waals surface area contributed by atoms with Crippen molar-refractivity contribution >= 4 is 5.91 Å². The van der Waals surface area contributed by atoms with Gasteiger partial charge in [0.25, 0.3) is 5.91 Å². The van der Waals surface area contributed by atoms with Crippen LogP contribution < -0.4 is 0 Å². The van der Waals surface area contributed by atoms with Crippen molar-refractivity contribution in [3.05, 3.63) is 0 Å². The SMILES string of the molecule is CCCOC(C)C(=O)N(CC)CC. The molecular weight excluding hydrogens is 166 g/mol. The van der Waals surface area contributed by atoms with Crippen molar-refractivity contribution in [3.63, 3.8) is 0 Å². The minimum atomic E-state index is -0.292. The summed E-state index contributed by atoms with van der Waals surface area (Å²) in [5.41, 5.74) is 0. The van der Waals surface area contributed by atoms with E-state index in [9.17, 15) is 4.79 Å². The summed E-state index contributed by atoms with van der Waals surface area (Å²) in [5, 5.41) is 0. The first-order chi connectivity index (χ1) is 6.17. The van der Waals surface area contributed by atoms with Gasteiger partial charge in [-0.2, -0.15) is 0 Å². The molecule has 0 aromatic heterocycles. The second-order valence-electron chi connectivity index (χ2n) is 3.02. The number of carbonyl (C=O) groups is 1. The average Bonchev–Trinajstić information content (AvgIpc) is 2.15. The maximum atomic E-state index is 11.6. The molecule has 0 aliphatic rings. The molecule has 1 unspecified atom stereocenters. The van der Waals surface area contributed by atoms with Gasteiger partial charge >= 0.3 is 0 Å². The van der Waals surface area contributed by atoms with Crippen LogP contribution in [-0.4, -0.2) is 36.6 Å². The molecule has 0 saturated heterocycles. The lowest BCUT2D eigenvalue weighted by atomic mass is 10.3. The fraction of sp³-hybridized carbons (Fsp3) is 0.900. The predicted molar refractivity (Wildman–Crippen MR) is 53.6 cm³/mol. The lowest BCUT2D eigenvalue weighted by Gasteiger charge is -2.22. The van der Waals surface area contributed by atoms with Crippen LogP contribution in [0.2, 0.25) is 0 Å². The number of rotatable bonds is 6. The summed E-state index contributed by atoms with van der Waals surface area (Å²) in [4.78, 5) is 13.4. The van der Waals surface area contributed by atoms with E-state index in [2.05, 4.69) is 0 Å². The monoisotopic (exact) mass is 187 g/mol. The summed E-state index contributed by atoms with van der Waals surface area (Å²) in [6.07, 6.45) is 0.662. The van der Waals surface area contributed by atoms with Crippen LogP contribution in [0.15, 0.2) is 0 Å². The average molecular weight is 187 g/mol. The number of carbonyl (C=O) groups excluding carboxylic acids is 1. The van der Waals surface area contributed by atoms with Crippen LogP contribution in [0.4, 0.5) is 0 Å². The Bertz CT molecular complexity index is 144. The maximum absolute atomic E-state index is 11.6. The lowest BCUT2D eigenvalue weighted by molar-refractivity contribution is -0.142. The van der Waals surface area contributed by atoms with Gasteiger partial charge in [-0.25, -0.2) is 0 Å². The Hall–Kier alpha value is -0.570. The van der Waals surface area contributed by atoms with Crippen molar-refractivity contribution in [2.24, 2.45) is 0 Å². The van der Waals surface area contributed by atoms with E-state index in [0.717, 1.165) is 19.5 Å². The summed E-state index contributed by atoms with van der Waals surface area (Å²) in [7, 11) is 0. The molecule has 0 aromatic rings. The van der Waals surface area contributed by atoms with Gasteiger partial charge < -0.3 is 9.64 Å². The fourth-order valence-corrected chi connectivity index (χ4v) is 1.16. The first-order valence-electron chi connectivity index (χ1n) is 5.07.